The Hall–Kier alpha value is -2.89. The number of benzene rings is 2. The number of hydrogen-bond donors (Lipinski definition) is 1. The van der Waals surface area contributed by atoms with Crippen molar-refractivity contribution in [1.82, 2.24) is 5.43 Å². The molecule has 0 saturated heterocycles. The van der Waals surface area contributed by atoms with E-state index >= 15 is 0 Å². The second-order valence-electron chi connectivity index (χ2n) is 4.69. The second-order valence-corrected chi connectivity index (χ2v) is 4.69. The Balaban J connectivity index is 2.17. The highest BCUT2D eigenvalue weighted by Crippen LogP contribution is 2.27. The van der Waals surface area contributed by atoms with Gasteiger partial charge < -0.3 is 9.47 Å². The second kappa shape index (κ2) is 7.40. The fraction of sp³-hybridized carbons (Fsp3) is 0.176. The maximum absolute atomic E-state index is 13.5. The van der Waals surface area contributed by atoms with Crippen molar-refractivity contribution in [3.63, 3.8) is 0 Å². The molecule has 1 N–H and O–H groups in total. The number of hydrazone groups is 1. The number of carbonyl (C=O) groups is 1. The highest BCUT2D eigenvalue weighted by Gasteiger charge is 2.11. The van der Waals surface area contributed by atoms with Crippen molar-refractivity contribution in [1.29, 1.82) is 0 Å². The zero-order chi connectivity index (χ0) is 16.8. The summed E-state index contributed by atoms with van der Waals surface area (Å²) in [5.41, 5.74) is 3.58. The van der Waals surface area contributed by atoms with Crippen LogP contribution in [0.15, 0.2) is 47.6 Å². The van der Waals surface area contributed by atoms with Crippen LogP contribution < -0.4 is 14.9 Å². The van der Waals surface area contributed by atoms with Crippen LogP contribution in [0.4, 0.5) is 4.39 Å². The van der Waals surface area contributed by atoms with Gasteiger partial charge in [0.1, 0.15) is 5.82 Å². The normalized spacial score (nSPS) is 11.0. The lowest BCUT2D eigenvalue weighted by Gasteiger charge is -2.09. The number of halogens is 1. The van der Waals surface area contributed by atoms with Crippen LogP contribution in [0.5, 0.6) is 11.5 Å². The summed E-state index contributed by atoms with van der Waals surface area (Å²) < 4.78 is 23.9. The van der Waals surface area contributed by atoms with E-state index in [4.69, 9.17) is 9.47 Å². The molecule has 0 saturated carbocycles. The zero-order valence-corrected chi connectivity index (χ0v) is 13.1. The molecule has 0 bridgehead atoms. The molecular formula is C17H17FN2O3. The smallest absolute Gasteiger partial charge is 0.274 e. The first-order chi connectivity index (χ1) is 11.1. The van der Waals surface area contributed by atoms with E-state index in [1.807, 2.05) is 0 Å². The third kappa shape index (κ3) is 3.85. The van der Waals surface area contributed by atoms with Crippen LogP contribution >= 0.6 is 0 Å². The summed E-state index contributed by atoms with van der Waals surface area (Å²) in [5.74, 6) is -0.0497. The Morgan fingerprint density at radius 3 is 2.43 bits per heavy atom. The average molecular weight is 316 g/mol. The molecule has 23 heavy (non-hydrogen) atoms. The van der Waals surface area contributed by atoms with Gasteiger partial charge in [-0.3, -0.25) is 4.79 Å². The Kier molecular flexibility index (Phi) is 5.30. The maximum Gasteiger partial charge on any atom is 0.274 e. The number of methoxy groups -OCH3 is 2. The summed E-state index contributed by atoms with van der Waals surface area (Å²) in [4.78, 5) is 11.9. The van der Waals surface area contributed by atoms with Gasteiger partial charge in [0.15, 0.2) is 11.5 Å². The van der Waals surface area contributed by atoms with Crippen LogP contribution in [-0.2, 0) is 0 Å². The Labute approximate surface area is 133 Å². The summed E-state index contributed by atoms with van der Waals surface area (Å²) in [6, 6.07) is 11.0. The molecule has 2 aromatic carbocycles. The lowest BCUT2D eigenvalue weighted by molar-refractivity contribution is 0.0951. The van der Waals surface area contributed by atoms with E-state index in [9.17, 15) is 9.18 Å². The van der Waals surface area contributed by atoms with Crippen molar-refractivity contribution in [3.05, 3.63) is 59.4 Å². The number of ether oxygens (including phenoxy) is 2. The minimum atomic E-state index is -0.608. The SMILES string of the molecule is COc1ccc(/C(C)=N\NC(=O)c2ccccc2F)cc1OC. The highest BCUT2D eigenvalue weighted by molar-refractivity contribution is 6.01. The van der Waals surface area contributed by atoms with Crippen LogP contribution in [0.3, 0.4) is 0 Å². The van der Waals surface area contributed by atoms with E-state index in [1.54, 1.807) is 38.3 Å². The van der Waals surface area contributed by atoms with E-state index in [1.165, 1.54) is 25.3 Å². The first-order valence-corrected chi connectivity index (χ1v) is 6.88. The number of hydrogen-bond acceptors (Lipinski definition) is 4. The monoisotopic (exact) mass is 316 g/mol. The topological polar surface area (TPSA) is 59.9 Å². The molecule has 1 amide bonds. The van der Waals surface area contributed by atoms with Gasteiger partial charge in [0.2, 0.25) is 0 Å². The molecular weight excluding hydrogens is 299 g/mol. The number of carbonyl (C=O) groups excluding carboxylic acids is 1. The van der Waals surface area contributed by atoms with Crippen LogP contribution in [0.1, 0.15) is 22.8 Å². The summed E-state index contributed by atoms with van der Waals surface area (Å²) in [6.07, 6.45) is 0. The standard InChI is InChI=1S/C17H17FN2O3/c1-11(12-8-9-15(22-2)16(10-12)23-3)19-20-17(21)13-6-4-5-7-14(13)18/h4-10H,1-3H3,(H,20,21)/b19-11-. The minimum absolute atomic E-state index is 0.0589. The van der Waals surface area contributed by atoms with E-state index in [0.717, 1.165) is 5.56 Å². The molecule has 0 aliphatic heterocycles. The van der Waals surface area contributed by atoms with Gasteiger partial charge in [-0.15, -0.1) is 0 Å². The predicted molar refractivity (Wildman–Crippen MR) is 85.6 cm³/mol. The van der Waals surface area contributed by atoms with E-state index < -0.39 is 11.7 Å². The first kappa shape index (κ1) is 16.5. The van der Waals surface area contributed by atoms with Crippen LogP contribution in [0.25, 0.3) is 0 Å². The van der Waals surface area contributed by atoms with Crippen molar-refractivity contribution >= 4 is 11.6 Å². The lowest BCUT2D eigenvalue weighted by Crippen LogP contribution is -2.20. The lowest BCUT2D eigenvalue weighted by atomic mass is 10.1. The van der Waals surface area contributed by atoms with E-state index in [0.29, 0.717) is 17.2 Å². The number of nitrogens with one attached hydrogen (secondary N) is 1. The summed E-state index contributed by atoms with van der Waals surface area (Å²) >= 11 is 0. The van der Waals surface area contributed by atoms with Gasteiger partial charge in [0.25, 0.3) is 5.91 Å². The molecule has 0 fully saturated rings. The number of rotatable bonds is 5. The molecule has 2 aromatic rings. The quantitative estimate of drug-likeness (QED) is 0.681. The Bertz CT molecular complexity index is 744. The molecule has 6 heteroatoms. The fourth-order valence-corrected chi connectivity index (χ4v) is 1.97. The molecule has 120 valence electrons. The van der Waals surface area contributed by atoms with Crippen molar-refractivity contribution in [2.24, 2.45) is 5.10 Å². The minimum Gasteiger partial charge on any atom is -0.493 e. The van der Waals surface area contributed by atoms with Crippen LogP contribution in [0.2, 0.25) is 0 Å². The van der Waals surface area contributed by atoms with Gasteiger partial charge in [-0.1, -0.05) is 12.1 Å². The van der Waals surface area contributed by atoms with Crippen LogP contribution in [0, 0.1) is 5.82 Å². The van der Waals surface area contributed by atoms with Crippen LogP contribution in [-0.4, -0.2) is 25.8 Å². The van der Waals surface area contributed by atoms with Gasteiger partial charge >= 0.3 is 0 Å². The van der Waals surface area contributed by atoms with Gasteiger partial charge in [0.05, 0.1) is 25.5 Å². The third-order valence-electron chi connectivity index (χ3n) is 3.24. The van der Waals surface area contributed by atoms with Crippen molar-refractivity contribution < 1.29 is 18.7 Å². The zero-order valence-electron chi connectivity index (χ0n) is 13.1. The molecule has 0 aromatic heterocycles. The highest BCUT2D eigenvalue weighted by atomic mass is 19.1. The first-order valence-electron chi connectivity index (χ1n) is 6.88. The van der Waals surface area contributed by atoms with Gasteiger partial charge in [-0.25, -0.2) is 9.82 Å². The number of nitrogens with zero attached hydrogens (tertiary/aromatic N) is 1. The maximum atomic E-state index is 13.5. The summed E-state index contributed by atoms with van der Waals surface area (Å²) in [5, 5.41) is 4.00. The molecule has 0 unspecified atom stereocenters. The van der Waals surface area contributed by atoms with Gasteiger partial charge in [0, 0.05) is 5.56 Å². The molecule has 0 aliphatic rings. The molecule has 2 rings (SSSR count). The largest absolute Gasteiger partial charge is 0.493 e. The van der Waals surface area contributed by atoms with E-state index in [2.05, 4.69) is 10.5 Å². The molecule has 0 aliphatic carbocycles. The molecule has 0 atom stereocenters. The number of amides is 1. The van der Waals surface area contributed by atoms with Crippen molar-refractivity contribution in [2.75, 3.05) is 14.2 Å². The summed E-state index contributed by atoms with van der Waals surface area (Å²) in [7, 11) is 3.08. The predicted octanol–water partition coefficient (Wildman–Crippen LogP) is 3.00. The Morgan fingerprint density at radius 1 is 1.09 bits per heavy atom. The average Bonchev–Trinajstić information content (AvgIpc) is 2.59. The molecule has 0 spiro atoms. The molecule has 0 heterocycles. The van der Waals surface area contributed by atoms with Crippen molar-refractivity contribution in [3.8, 4) is 11.5 Å². The summed E-state index contributed by atoms with van der Waals surface area (Å²) in [6.45, 7) is 1.73. The van der Waals surface area contributed by atoms with Crippen molar-refractivity contribution in [2.45, 2.75) is 6.92 Å². The van der Waals surface area contributed by atoms with Gasteiger partial charge in [-0.05, 0) is 37.3 Å². The fourth-order valence-electron chi connectivity index (χ4n) is 1.97. The van der Waals surface area contributed by atoms with Gasteiger partial charge in [-0.2, -0.15) is 5.10 Å². The third-order valence-corrected chi connectivity index (χ3v) is 3.24. The molecule has 5 nitrogen and oxygen atoms in total. The van der Waals surface area contributed by atoms with E-state index in [-0.39, 0.29) is 5.56 Å². The molecule has 0 radical (unpaired) electrons. The Morgan fingerprint density at radius 2 is 1.78 bits per heavy atom.